The van der Waals surface area contributed by atoms with Gasteiger partial charge >= 0.3 is 0 Å². The third-order valence-electron chi connectivity index (χ3n) is 6.89. The summed E-state index contributed by atoms with van der Waals surface area (Å²) in [7, 11) is 0. The Balaban J connectivity index is 0.000000196. The summed E-state index contributed by atoms with van der Waals surface area (Å²) in [4.78, 5) is 10.1. The van der Waals surface area contributed by atoms with Crippen molar-refractivity contribution < 1.29 is 9.68 Å². The van der Waals surface area contributed by atoms with Gasteiger partial charge in [0, 0.05) is 0 Å². The number of hydrogen-bond acceptors (Lipinski definition) is 4. The monoisotopic (exact) mass is 472 g/mol. The number of rotatable bonds is 6. The van der Waals surface area contributed by atoms with Crippen molar-refractivity contribution in [3.8, 4) is 12.3 Å². The van der Waals surface area contributed by atoms with Gasteiger partial charge in [-0.1, -0.05) is 75.9 Å². The van der Waals surface area contributed by atoms with Crippen LogP contribution in [0.1, 0.15) is 92.4 Å². The minimum atomic E-state index is 0.269. The molecule has 2 aromatic carbocycles. The summed E-state index contributed by atoms with van der Waals surface area (Å²) >= 11 is 0. The Hall–Kier alpha value is -3.06. The molecule has 0 N–H and O–H groups in total. The molecule has 4 nitrogen and oxygen atoms in total. The van der Waals surface area contributed by atoms with Gasteiger partial charge in [0.25, 0.3) is 0 Å². The van der Waals surface area contributed by atoms with Crippen molar-refractivity contribution in [2.45, 2.75) is 84.0 Å². The lowest BCUT2D eigenvalue weighted by Crippen LogP contribution is -2.13. The Bertz CT molecular complexity index is 980. The lowest BCUT2D eigenvalue weighted by atomic mass is 9.83. The molecule has 2 aromatic rings. The van der Waals surface area contributed by atoms with Crippen LogP contribution < -0.4 is 0 Å². The second-order valence-electron chi connectivity index (χ2n) is 9.58. The van der Waals surface area contributed by atoms with Crippen LogP contribution >= 0.6 is 0 Å². The quantitative estimate of drug-likeness (QED) is 0.245. The van der Waals surface area contributed by atoms with E-state index in [-0.39, 0.29) is 6.61 Å². The van der Waals surface area contributed by atoms with Gasteiger partial charge in [-0.15, -0.1) is 6.42 Å². The predicted molar refractivity (Wildman–Crippen MR) is 146 cm³/mol. The third-order valence-corrected chi connectivity index (χ3v) is 6.89. The van der Waals surface area contributed by atoms with Gasteiger partial charge in [0.2, 0.25) is 0 Å². The molecule has 2 aliphatic carbocycles. The minimum Gasteiger partial charge on any atom is -0.396 e. The van der Waals surface area contributed by atoms with Crippen molar-refractivity contribution in [2.75, 3.05) is 13.2 Å². The molecule has 0 radical (unpaired) electrons. The molecule has 2 saturated carbocycles. The average Bonchev–Trinajstić information content (AvgIpc) is 2.90. The van der Waals surface area contributed by atoms with E-state index in [2.05, 4.69) is 78.6 Å². The van der Waals surface area contributed by atoms with Gasteiger partial charge < -0.3 is 9.68 Å². The van der Waals surface area contributed by atoms with E-state index in [9.17, 15) is 0 Å². The Morgan fingerprint density at radius 1 is 0.714 bits per heavy atom. The fourth-order valence-corrected chi connectivity index (χ4v) is 4.75. The zero-order chi connectivity index (χ0) is 24.9. The van der Waals surface area contributed by atoms with E-state index in [1.165, 1.54) is 40.8 Å². The lowest BCUT2D eigenvalue weighted by molar-refractivity contribution is 0.156. The van der Waals surface area contributed by atoms with Gasteiger partial charge in [-0.05, 0) is 95.1 Å². The smallest absolute Gasteiger partial charge is 0.177 e. The zero-order valence-corrected chi connectivity index (χ0v) is 21.6. The van der Waals surface area contributed by atoms with Crippen LogP contribution in [0.15, 0.2) is 58.8 Å². The zero-order valence-electron chi connectivity index (χ0n) is 21.6. The summed E-state index contributed by atoms with van der Waals surface area (Å²) in [5.41, 5.74) is 7.96. The van der Waals surface area contributed by atoms with Crippen molar-refractivity contribution in [1.29, 1.82) is 0 Å². The second-order valence-corrected chi connectivity index (χ2v) is 9.58. The normalized spacial score (nSPS) is 19.6. The molecule has 4 heteroatoms. The Kier molecular flexibility index (Phi) is 10.9. The predicted octanol–water partition coefficient (Wildman–Crippen LogP) is 7.70. The molecule has 0 aliphatic heterocycles. The topological polar surface area (TPSA) is 43.2 Å². The van der Waals surface area contributed by atoms with Crippen LogP contribution in [0.4, 0.5) is 0 Å². The molecular formula is C31H40N2O2. The highest BCUT2D eigenvalue weighted by Crippen LogP contribution is 2.32. The molecule has 2 fully saturated rings. The molecule has 4 rings (SSSR count). The number of nitrogens with zero attached hydrogens (tertiary/aromatic N) is 2. The Labute approximate surface area is 211 Å². The maximum Gasteiger partial charge on any atom is 0.177 e. The first-order valence-electron chi connectivity index (χ1n) is 13.0. The first kappa shape index (κ1) is 26.5. The molecule has 0 amide bonds. The van der Waals surface area contributed by atoms with E-state index in [1.807, 2.05) is 6.92 Å². The average molecular weight is 473 g/mol. The second kappa shape index (κ2) is 14.4. The van der Waals surface area contributed by atoms with Crippen LogP contribution in [0.5, 0.6) is 0 Å². The summed E-state index contributed by atoms with van der Waals surface area (Å²) in [6.07, 6.45) is 14.0. The van der Waals surface area contributed by atoms with Crippen molar-refractivity contribution >= 4 is 11.4 Å². The van der Waals surface area contributed by atoms with Gasteiger partial charge in [0.1, 0.15) is 6.61 Å². The Morgan fingerprint density at radius 3 is 1.49 bits per heavy atom. The SMILES string of the molecule is C#CCON=C1CCC(c2ccc(C)cc2)CC1.CCON=C1CCC(c2ccc(C)cc2)CC1. The molecule has 0 atom stereocenters. The van der Waals surface area contributed by atoms with E-state index in [0.29, 0.717) is 18.4 Å². The molecule has 0 unspecified atom stereocenters. The molecule has 0 heterocycles. The largest absolute Gasteiger partial charge is 0.396 e. The molecule has 35 heavy (non-hydrogen) atoms. The van der Waals surface area contributed by atoms with Gasteiger partial charge in [-0.25, -0.2) is 0 Å². The van der Waals surface area contributed by atoms with E-state index >= 15 is 0 Å². The molecule has 2 aliphatic rings. The molecule has 0 saturated heterocycles. The van der Waals surface area contributed by atoms with Crippen LogP contribution in [0.2, 0.25) is 0 Å². The van der Waals surface area contributed by atoms with E-state index in [0.717, 1.165) is 44.2 Å². The van der Waals surface area contributed by atoms with Crippen LogP contribution in [-0.4, -0.2) is 24.6 Å². The van der Waals surface area contributed by atoms with Gasteiger partial charge in [0.15, 0.2) is 6.61 Å². The van der Waals surface area contributed by atoms with Gasteiger partial charge in [0.05, 0.1) is 11.4 Å². The third kappa shape index (κ3) is 8.91. The van der Waals surface area contributed by atoms with Gasteiger partial charge in [-0.3, -0.25) is 0 Å². The van der Waals surface area contributed by atoms with Gasteiger partial charge in [-0.2, -0.15) is 0 Å². The molecular weight excluding hydrogens is 432 g/mol. The molecule has 0 bridgehead atoms. The molecule has 0 aromatic heterocycles. The number of hydrogen-bond donors (Lipinski definition) is 0. The summed E-state index contributed by atoms with van der Waals surface area (Å²) in [5, 5.41) is 8.25. The van der Waals surface area contributed by atoms with E-state index in [1.54, 1.807) is 0 Å². The molecule has 186 valence electrons. The van der Waals surface area contributed by atoms with Crippen LogP contribution in [-0.2, 0) is 9.68 Å². The van der Waals surface area contributed by atoms with E-state index in [4.69, 9.17) is 16.1 Å². The summed E-state index contributed by atoms with van der Waals surface area (Å²) < 4.78 is 0. The first-order valence-corrected chi connectivity index (χ1v) is 13.0. The maximum absolute atomic E-state index is 5.12. The van der Waals surface area contributed by atoms with Crippen molar-refractivity contribution in [2.24, 2.45) is 10.3 Å². The van der Waals surface area contributed by atoms with Crippen LogP contribution in [0, 0.1) is 26.2 Å². The molecule has 0 spiro atoms. The summed E-state index contributed by atoms with van der Waals surface area (Å²) in [6, 6.07) is 17.8. The Morgan fingerprint density at radius 2 is 1.11 bits per heavy atom. The number of terminal acetylenes is 1. The minimum absolute atomic E-state index is 0.269. The summed E-state index contributed by atoms with van der Waals surface area (Å²) in [6.45, 7) is 7.17. The fraction of sp³-hybridized carbons (Fsp3) is 0.484. The van der Waals surface area contributed by atoms with Crippen LogP contribution in [0.3, 0.4) is 0 Å². The standard InChI is InChI=1S/C16H19NO.C15H21NO/c1-3-12-18-17-16-10-8-15(9-11-16)14-6-4-13(2)5-7-14;1-3-17-16-15-10-8-14(9-11-15)13-6-4-12(2)5-7-13/h1,4-7,15H,8-12H2,2H3;4-7,14H,3,8-11H2,1-2H3. The van der Waals surface area contributed by atoms with Crippen molar-refractivity contribution in [1.82, 2.24) is 0 Å². The number of benzene rings is 2. The fourth-order valence-electron chi connectivity index (χ4n) is 4.75. The van der Waals surface area contributed by atoms with Crippen LogP contribution in [0.25, 0.3) is 0 Å². The summed E-state index contributed by atoms with van der Waals surface area (Å²) in [5.74, 6) is 3.79. The highest BCUT2D eigenvalue weighted by molar-refractivity contribution is 5.85. The highest BCUT2D eigenvalue weighted by atomic mass is 16.6. The van der Waals surface area contributed by atoms with E-state index < -0.39 is 0 Å². The maximum atomic E-state index is 5.12. The number of oxime groups is 2. The lowest BCUT2D eigenvalue weighted by Gasteiger charge is -2.23. The van der Waals surface area contributed by atoms with Crippen molar-refractivity contribution in [3.63, 3.8) is 0 Å². The van der Waals surface area contributed by atoms with Crippen molar-refractivity contribution in [3.05, 3.63) is 70.8 Å². The first-order chi connectivity index (χ1) is 17.1. The number of aryl methyl sites for hydroxylation is 2. The highest BCUT2D eigenvalue weighted by Gasteiger charge is 2.20.